The van der Waals surface area contributed by atoms with E-state index in [0.717, 1.165) is 0 Å². The van der Waals surface area contributed by atoms with E-state index >= 15 is 0 Å². The van der Waals surface area contributed by atoms with Crippen molar-refractivity contribution in [1.29, 1.82) is 0 Å². The van der Waals surface area contributed by atoms with Crippen molar-refractivity contribution in [2.75, 3.05) is 6.54 Å². The highest BCUT2D eigenvalue weighted by molar-refractivity contribution is 5.66. The Kier molecular flexibility index (Phi) is 4.90. The molecule has 0 saturated heterocycles. The van der Waals surface area contributed by atoms with Gasteiger partial charge in [0.25, 0.3) is 0 Å². The Morgan fingerprint density at radius 2 is 2.50 bits per heavy atom. The number of carbonyl (C=O) groups is 1. The first-order valence-electron chi connectivity index (χ1n) is 2.76. The lowest BCUT2D eigenvalue weighted by Gasteiger charge is -1.90. The number of carboxylic acids is 1. The van der Waals surface area contributed by atoms with Crippen molar-refractivity contribution in [3.63, 3.8) is 0 Å². The number of azide groups is 1. The second-order valence-electron chi connectivity index (χ2n) is 1.59. The standard InChI is InChI=1S/C4H8N4O2/c5-7-8-6-3-1-2-4(9)10/h6H,1-3H2,(H,9,10). The van der Waals surface area contributed by atoms with Crippen LogP contribution < -0.4 is 5.43 Å². The molecule has 0 aromatic rings. The lowest BCUT2D eigenvalue weighted by atomic mass is 10.3. The summed E-state index contributed by atoms with van der Waals surface area (Å²) < 4.78 is 0. The van der Waals surface area contributed by atoms with E-state index in [1.54, 1.807) is 0 Å². The Balaban J connectivity index is 3.05. The molecule has 0 aromatic heterocycles. The maximum atomic E-state index is 9.90. The van der Waals surface area contributed by atoms with Crippen molar-refractivity contribution in [1.82, 2.24) is 5.43 Å². The molecular formula is C4H8N4O2. The Bertz CT molecular complexity index is 147. The van der Waals surface area contributed by atoms with E-state index in [0.29, 0.717) is 13.0 Å². The fourth-order valence-corrected chi connectivity index (χ4v) is 0.400. The molecule has 0 fully saturated rings. The maximum Gasteiger partial charge on any atom is 0.303 e. The van der Waals surface area contributed by atoms with Gasteiger partial charge in [-0.2, -0.15) is 4.91 Å². The predicted molar refractivity (Wildman–Crippen MR) is 34.0 cm³/mol. The third-order valence-corrected chi connectivity index (χ3v) is 0.795. The molecule has 0 saturated carbocycles. The second kappa shape index (κ2) is 5.71. The second-order valence-corrected chi connectivity index (χ2v) is 1.59. The van der Waals surface area contributed by atoms with Crippen LogP contribution in [0.3, 0.4) is 0 Å². The summed E-state index contributed by atoms with van der Waals surface area (Å²) in [5.74, 6) is -0.845. The van der Waals surface area contributed by atoms with Gasteiger partial charge in [0.15, 0.2) is 0 Å². The van der Waals surface area contributed by atoms with E-state index in [2.05, 4.69) is 15.6 Å². The van der Waals surface area contributed by atoms with Crippen molar-refractivity contribution < 1.29 is 9.90 Å². The molecule has 0 atom stereocenters. The summed E-state index contributed by atoms with van der Waals surface area (Å²) >= 11 is 0. The van der Waals surface area contributed by atoms with Crippen molar-refractivity contribution in [2.24, 2.45) is 5.22 Å². The highest BCUT2D eigenvalue weighted by Gasteiger charge is 1.94. The van der Waals surface area contributed by atoms with Gasteiger partial charge in [-0.15, -0.1) is 5.53 Å². The zero-order valence-corrected chi connectivity index (χ0v) is 5.32. The average molecular weight is 144 g/mol. The number of nitrogens with one attached hydrogen (secondary N) is 1. The zero-order chi connectivity index (χ0) is 7.82. The minimum Gasteiger partial charge on any atom is -0.481 e. The van der Waals surface area contributed by atoms with Crippen LogP contribution in [0.1, 0.15) is 12.8 Å². The molecule has 0 heterocycles. The van der Waals surface area contributed by atoms with Crippen LogP contribution in [-0.2, 0) is 4.79 Å². The van der Waals surface area contributed by atoms with Crippen LogP contribution in [0.15, 0.2) is 5.22 Å². The lowest BCUT2D eigenvalue weighted by Crippen LogP contribution is -2.07. The molecule has 0 unspecified atom stereocenters. The third-order valence-electron chi connectivity index (χ3n) is 0.795. The van der Waals surface area contributed by atoms with Gasteiger partial charge in [0.2, 0.25) is 0 Å². The van der Waals surface area contributed by atoms with Gasteiger partial charge >= 0.3 is 5.97 Å². The smallest absolute Gasteiger partial charge is 0.303 e. The first-order chi connectivity index (χ1) is 4.77. The molecule has 0 radical (unpaired) electrons. The van der Waals surface area contributed by atoms with Crippen LogP contribution in [0.25, 0.3) is 10.4 Å². The van der Waals surface area contributed by atoms with Crippen LogP contribution in [0.2, 0.25) is 0 Å². The maximum absolute atomic E-state index is 9.90. The van der Waals surface area contributed by atoms with Gasteiger partial charge in [0, 0.05) is 6.42 Å². The summed E-state index contributed by atoms with van der Waals surface area (Å²) in [6.45, 7) is 0.399. The minimum atomic E-state index is -0.845. The molecule has 6 heteroatoms. The van der Waals surface area contributed by atoms with E-state index in [-0.39, 0.29) is 6.42 Å². The monoisotopic (exact) mass is 144 g/mol. The molecule has 0 spiro atoms. The first kappa shape index (κ1) is 8.58. The molecule has 0 aliphatic rings. The molecule has 0 bridgehead atoms. The topological polar surface area (TPSA) is 98.1 Å². The highest BCUT2D eigenvalue weighted by Crippen LogP contribution is 1.85. The molecule has 0 aliphatic carbocycles. The number of hydrogen-bond acceptors (Lipinski definition) is 2. The molecule has 0 rings (SSSR count). The van der Waals surface area contributed by atoms with Crippen LogP contribution in [-0.4, -0.2) is 17.6 Å². The van der Waals surface area contributed by atoms with E-state index in [1.807, 2.05) is 0 Å². The average Bonchev–Trinajstić information content (AvgIpc) is 1.87. The molecule has 0 aromatic carbocycles. The van der Waals surface area contributed by atoms with Crippen LogP contribution in [0.5, 0.6) is 0 Å². The van der Waals surface area contributed by atoms with Gasteiger partial charge in [-0.3, -0.25) is 10.2 Å². The quantitative estimate of drug-likeness (QED) is 0.195. The summed E-state index contributed by atoms with van der Waals surface area (Å²) in [4.78, 5) is 12.3. The van der Waals surface area contributed by atoms with Crippen molar-refractivity contribution in [3.05, 3.63) is 10.4 Å². The Hall–Kier alpha value is -1.42. The highest BCUT2D eigenvalue weighted by atomic mass is 16.4. The van der Waals surface area contributed by atoms with E-state index in [1.165, 1.54) is 0 Å². The fourth-order valence-electron chi connectivity index (χ4n) is 0.400. The zero-order valence-electron chi connectivity index (χ0n) is 5.32. The molecular weight excluding hydrogens is 136 g/mol. The normalized spacial score (nSPS) is 8.00. The van der Waals surface area contributed by atoms with E-state index in [4.69, 9.17) is 10.6 Å². The van der Waals surface area contributed by atoms with Gasteiger partial charge < -0.3 is 5.11 Å². The van der Waals surface area contributed by atoms with Crippen LogP contribution in [0.4, 0.5) is 0 Å². The summed E-state index contributed by atoms with van der Waals surface area (Å²) in [6, 6.07) is 0. The van der Waals surface area contributed by atoms with Crippen molar-refractivity contribution in [2.45, 2.75) is 12.8 Å². The molecule has 0 amide bonds. The Morgan fingerprint density at radius 1 is 1.80 bits per heavy atom. The van der Waals surface area contributed by atoms with Crippen LogP contribution in [0, 0.1) is 0 Å². The Labute approximate surface area is 57.4 Å². The molecule has 6 nitrogen and oxygen atoms in total. The number of carboxylic acid groups (broad SMARTS) is 1. The van der Waals surface area contributed by atoms with Gasteiger partial charge in [-0.1, -0.05) is 0 Å². The summed E-state index contributed by atoms with van der Waals surface area (Å²) in [5, 5.41) is 11.1. The summed E-state index contributed by atoms with van der Waals surface area (Å²) in [7, 11) is 0. The van der Waals surface area contributed by atoms with Crippen molar-refractivity contribution >= 4 is 5.97 Å². The molecule has 0 aliphatic heterocycles. The van der Waals surface area contributed by atoms with E-state index in [9.17, 15) is 4.79 Å². The first-order valence-corrected chi connectivity index (χ1v) is 2.76. The fraction of sp³-hybridized carbons (Fsp3) is 0.750. The largest absolute Gasteiger partial charge is 0.481 e. The van der Waals surface area contributed by atoms with Gasteiger partial charge in [0.05, 0.1) is 6.54 Å². The number of hydrogen-bond donors (Lipinski definition) is 2. The minimum absolute atomic E-state index is 0.0912. The number of nitrogens with zero attached hydrogens (tertiary/aromatic N) is 3. The van der Waals surface area contributed by atoms with Crippen LogP contribution >= 0.6 is 0 Å². The molecule has 2 N–H and O–H groups in total. The number of rotatable bonds is 5. The van der Waals surface area contributed by atoms with Crippen molar-refractivity contribution in [3.8, 4) is 0 Å². The van der Waals surface area contributed by atoms with Gasteiger partial charge in [0.1, 0.15) is 0 Å². The number of aliphatic carboxylic acids is 1. The molecule has 10 heavy (non-hydrogen) atoms. The summed E-state index contributed by atoms with van der Waals surface area (Å²) in [6.07, 6.45) is 0.558. The summed E-state index contributed by atoms with van der Waals surface area (Å²) in [5.41, 5.74) is 10.1. The van der Waals surface area contributed by atoms with Gasteiger partial charge in [-0.05, 0) is 11.6 Å². The van der Waals surface area contributed by atoms with Gasteiger partial charge in [-0.25, -0.2) is 0 Å². The van der Waals surface area contributed by atoms with E-state index < -0.39 is 5.97 Å². The predicted octanol–water partition coefficient (Wildman–Crippen LogP) is 0.666. The lowest BCUT2D eigenvalue weighted by molar-refractivity contribution is -0.137. The molecule has 56 valence electrons. The third kappa shape index (κ3) is 6.58. The Morgan fingerprint density at radius 3 is 3.00 bits per heavy atom. The SMILES string of the molecule is [N-]=[N+]=NNCCCC(=O)O.